The molecular formula is C14H17BrN4. The van der Waals surface area contributed by atoms with Crippen molar-refractivity contribution < 1.29 is 0 Å². The monoisotopic (exact) mass is 320 g/mol. The molecule has 0 aromatic carbocycles. The summed E-state index contributed by atoms with van der Waals surface area (Å²) in [6.07, 6.45) is 5.92. The van der Waals surface area contributed by atoms with E-state index in [1.807, 2.05) is 24.5 Å². The van der Waals surface area contributed by atoms with Gasteiger partial charge in [-0.2, -0.15) is 0 Å². The highest BCUT2D eigenvalue weighted by atomic mass is 79.9. The van der Waals surface area contributed by atoms with Crippen LogP contribution in [-0.4, -0.2) is 29.6 Å². The summed E-state index contributed by atoms with van der Waals surface area (Å²) in [5.41, 5.74) is 8.86. The Labute approximate surface area is 121 Å². The van der Waals surface area contributed by atoms with Crippen LogP contribution >= 0.6 is 15.9 Å². The van der Waals surface area contributed by atoms with Crippen LogP contribution in [0, 0.1) is 5.92 Å². The lowest BCUT2D eigenvalue weighted by Gasteiger charge is -2.36. The van der Waals surface area contributed by atoms with Gasteiger partial charge in [0.2, 0.25) is 0 Å². The predicted molar refractivity (Wildman–Crippen MR) is 81.2 cm³/mol. The van der Waals surface area contributed by atoms with Crippen molar-refractivity contribution in [3.05, 3.63) is 29.0 Å². The number of aromatic nitrogens is 2. The fourth-order valence-corrected chi connectivity index (χ4v) is 3.04. The largest absolute Gasteiger partial charge is 0.372 e. The second kappa shape index (κ2) is 5.06. The van der Waals surface area contributed by atoms with Gasteiger partial charge in [0.25, 0.3) is 0 Å². The second-order valence-corrected chi connectivity index (χ2v) is 6.25. The van der Waals surface area contributed by atoms with E-state index in [-0.39, 0.29) is 0 Å². The van der Waals surface area contributed by atoms with Crippen molar-refractivity contribution in [3.8, 4) is 0 Å². The van der Waals surface area contributed by atoms with Crippen LogP contribution in [0.15, 0.2) is 29.0 Å². The number of fused-ring (bicyclic) bond motifs is 1. The van der Waals surface area contributed by atoms with E-state index < -0.39 is 0 Å². The lowest BCUT2D eigenvalue weighted by molar-refractivity contribution is 0.271. The molecule has 19 heavy (non-hydrogen) atoms. The molecule has 0 atom stereocenters. The maximum absolute atomic E-state index is 5.84. The minimum Gasteiger partial charge on any atom is -0.372 e. The minimum atomic E-state index is 0.404. The van der Waals surface area contributed by atoms with Crippen LogP contribution in [0.4, 0.5) is 5.69 Å². The van der Waals surface area contributed by atoms with Gasteiger partial charge in [0.05, 0.1) is 11.2 Å². The average Bonchev–Trinajstić information content (AvgIpc) is 2.35. The maximum Gasteiger partial charge on any atom is 0.112 e. The first-order chi connectivity index (χ1) is 9.13. The number of hydrogen-bond donors (Lipinski definition) is 1. The van der Waals surface area contributed by atoms with E-state index in [0.29, 0.717) is 12.0 Å². The third-order valence-corrected chi connectivity index (χ3v) is 4.17. The SMILES string of the molecule is CN(CC1CC(N)C1)c1ccnc2cc(Br)cnc12. The molecule has 0 aliphatic heterocycles. The van der Waals surface area contributed by atoms with Gasteiger partial charge in [-0.15, -0.1) is 0 Å². The normalized spacial score (nSPS) is 22.3. The summed E-state index contributed by atoms with van der Waals surface area (Å²) in [4.78, 5) is 11.1. The van der Waals surface area contributed by atoms with Crippen LogP contribution in [0.3, 0.4) is 0 Å². The zero-order valence-corrected chi connectivity index (χ0v) is 12.5. The molecule has 5 heteroatoms. The Kier molecular flexibility index (Phi) is 3.41. The summed E-state index contributed by atoms with van der Waals surface area (Å²) >= 11 is 3.43. The van der Waals surface area contributed by atoms with Gasteiger partial charge in [0, 0.05) is 36.5 Å². The molecule has 0 bridgehead atoms. The summed E-state index contributed by atoms with van der Waals surface area (Å²) in [7, 11) is 2.11. The molecule has 2 N–H and O–H groups in total. The third kappa shape index (κ3) is 2.58. The summed E-state index contributed by atoms with van der Waals surface area (Å²) in [5.74, 6) is 0.707. The van der Waals surface area contributed by atoms with Crippen molar-refractivity contribution in [3.63, 3.8) is 0 Å². The number of rotatable bonds is 3. The van der Waals surface area contributed by atoms with Crippen LogP contribution in [0.1, 0.15) is 12.8 Å². The Balaban J connectivity index is 1.87. The fourth-order valence-electron chi connectivity index (χ4n) is 2.72. The standard InChI is InChI=1S/C14H17BrN4/c1-19(8-9-4-11(16)5-9)13-2-3-17-12-6-10(15)7-18-14(12)13/h2-3,6-7,9,11H,4-5,8,16H2,1H3. The van der Waals surface area contributed by atoms with Crippen LogP contribution < -0.4 is 10.6 Å². The molecular weight excluding hydrogens is 304 g/mol. The number of nitrogens with two attached hydrogens (primary N) is 1. The maximum atomic E-state index is 5.84. The number of anilines is 1. The summed E-state index contributed by atoms with van der Waals surface area (Å²) in [5, 5.41) is 0. The van der Waals surface area contributed by atoms with Gasteiger partial charge in [-0.05, 0) is 46.8 Å². The number of nitrogens with zero attached hydrogens (tertiary/aromatic N) is 3. The third-order valence-electron chi connectivity index (χ3n) is 3.74. The Bertz CT molecular complexity index is 595. The summed E-state index contributed by atoms with van der Waals surface area (Å²) < 4.78 is 0.956. The van der Waals surface area contributed by atoms with E-state index in [1.165, 1.54) is 0 Å². The summed E-state index contributed by atoms with van der Waals surface area (Å²) in [6.45, 7) is 1.03. The molecule has 0 saturated heterocycles. The summed E-state index contributed by atoms with van der Waals surface area (Å²) in [6, 6.07) is 4.43. The van der Waals surface area contributed by atoms with Gasteiger partial charge in [-0.25, -0.2) is 0 Å². The highest BCUT2D eigenvalue weighted by molar-refractivity contribution is 9.10. The van der Waals surface area contributed by atoms with E-state index in [1.54, 1.807) is 0 Å². The molecule has 0 spiro atoms. The highest BCUT2D eigenvalue weighted by Crippen LogP contribution is 2.30. The zero-order valence-electron chi connectivity index (χ0n) is 10.9. The lowest BCUT2D eigenvalue weighted by atomic mass is 9.80. The molecule has 0 radical (unpaired) electrons. The number of pyridine rings is 2. The first kappa shape index (κ1) is 12.8. The molecule has 0 unspecified atom stereocenters. The Morgan fingerprint density at radius 2 is 2.21 bits per heavy atom. The molecule has 1 aliphatic carbocycles. The van der Waals surface area contributed by atoms with E-state index in [0.717, 1.165) is 40.6 Å². The molecule has 0 amide bonds. The van der Waals surface area contributed by atoms with Crippen molar-refractivity contribution in [1.82, 2.24) is 9.97 Å². The first-order valence-corrected chi connectivity index (χ1v) is 7.30. The number of hydrogen-bond acceptors (Lipinski definition) is 4. The van der Waals surface area contributed by atoms with Crippen molar-refractivity contribution in [2.75, 3.05) is 18.5 Å². The Morgan fingerprint density at radius 3 is 2.95 bits per heavy atom. The van der Waals surface area contributed by atoms with E-state index in [2.05, 4.69) is 37.8 Å². The van der Waals surface area contributed by atoms with Gasteiger partial charge in [-0.1, -0.05) is 0 Å². The van der Waals surface area contributed by atoms with Gasteiger partial charge in [0.15, 0.2) is 0 Å². The van der Waals surface area contributed by atoms with Gasteiger partial charge in [0.1, 0.15) is 5.52 Å². The highest BCUT2D eigenvalue weighted by Gasteiger charge is 2.27. The molecule has 4 nitrogen and oxygen atoms in total. The average molecular weight is 321 g/mol. The van der Waals surface area contributed by atoms with E-state index in [9.17, 15) is 0 Å². The lowest BCUT2D eigenvalue weighted by Crippen LogP contribution is -2.41. The zero-order chi connectivity index (χ0) is 13.4. The first-order valence-electron chi connectivity index (χ1n) is 6.50. The smallest absolute Gasteiger partial charge is 0.112 e. The van der Waals surface area contributed by atoms with Crippen molar-refractivity contribution in [2.45, 2.75) is 18.9 Å². The predicted octanol–water partition coefficient (Wildman–Crippen LogP) is 2.57. The van der Waals surface area contributed by atoms with Crippen LogP contribution in [0.5, 0.6) is 0 Å². The molecule has 100 valence electrons. The molecule has 2 aromatic heterocycles. The topological polar surface area (TPSA) is 55.0 Å². The molecule has 1 saturated carbocycles. The van der Waals surface area contributed by atoms with Crippen molar-refractivity contribution >= 4 is 32.7 Å². The number of halogens is 1. The van der Waals surface area contributed by atoms with E-state index in [4.69, 9.17) is 5.73 Å². The fraction of sp³-hybridized carbons (Fsp3) is 0.429. The van der Waals surface area contributed by atoms with Crippen molar-refractivity contribution in [1.29, 1.82) is 0 Å². The second-order valence-electron chi connectivity index (χ2n) is 5.33. The molecule has 2 aromatic rings. The van der Waals surface area contributed by atoms with Crippen LogP contribution in [0.2, 0.25) is 0 Å². The van der Waals surface area contributed by atoms with E-state index >= 15 is 0 Å². The quantitative estimate of drug-likeness (QED) is 0.944. The molecule has 1 aliphatic rings. The Hall–Kier alpha value is -1.20. The molecule has 2 heterocycles. The molecule has 3 rings (SSSR count). The van der Waals surface area contributed by atoms with Crippen molar-refractivity contribution in [2.24, 2.45) is 11.7 Å². The van der Waals surface area contributed by atoms with Gasteiger partial charge in [-0.3, -0.25) is 9.97 Å². The van der Waals surface area contributed by atoms with Crippen LogP contribution in [-0.2, 0) is 0 Å². The van der Waals surface area contributed by atoms with Gasteiger partial charge < -0.3 is 10.6 Å². The van der Waals surface area contributed by atoms with Crippen LogP contribution in [0.25, 0.3) is 11.0 Å². The molecule has 1 fully saturated rings. The minimum absolute atomic E-state index is 0.404. The van der Waals surface area contributed by atoms with Gasteiger partial charge >= 0.3 is 0 Å². The Morgan fingerprint density at radius 1 is 1.42 bits per heavy atom.